The second-order valence-corrected chi connectivity index (χ2v) is 6.03. The van der Waals surface area contributed by atoms with E-state index in [0.29, 0.717) is 12.3 Å². The smallest absolute Gasteiger partial charge is 0.249 e. The van der Waals surface area contributed by atoms with Crippen LogP contribution >= 0.6 is 0 Å². The minimum Gasteiger partial charge on any atom is -0.481 e. The first kappa shape index (κ1) is 15.0. The first-order chi connectivity index (χ1) is 10.6. The molecule has 0 saturated carbocycles. The fraction of sp³-hybridized carbons (Fsp3) is 0.667. The molecule has 22 heavy (non-hydrogen) atoms. The minimum atomic E-state index is -0.371. The van der Waals surface area contributed by atoms with Gasteiger partial charge < -0.3 is 19.7 Å². The molecular weight excluding hydrogens is 284 g/mol. The van der Waals surface area contributed by atoms with Crippen molar-refractivity contribution in [3.8, 4) is 5.88 Å². The van der Waals surface area contributed by atoms with E-state index in [4.69, 9.17) is 9.47 Å². The van der Waals surface area contributed by atoms with E-state index in [1.165, 1.54) is 6.33 Å². The maximum atomic E-state index is 12.1. The summed E-state index contributed by atoms with van der Waals surface area (Å²) in [4.78, 5) is 22.7. The molecule has 2 saturated heterocycles. The predicted molar refractivity (Wildman–Crippen MR) is 80.9 cm³/mol. The molecule has 3 atom stereocenters. The van der Waals surface area contributed by atoms with Gasteiger partial charge in [0, 0.05) is 25.1 Å². The van der Waals surface area contributed by atoms with Crippen LogP contribution in [-0.4, -0.2) is 53.8 Å². The van der Waals surface area contributed by atoms with E-state index in [-0.39, 0.29) is 30.2 Å². The second-order valence-electron chi connectivity index (χ2n) is 6.03. The summed E-state index contributed by atoms with van der Waals surface area (Å²) in [7, 11) is 1.59. The van der Waals surface area contributed by atoms with Gasteiger partial charge in [-0.1, -0.05) is 0 Å². The largest absolute Gasteiger partial charge is 0.481 e. The highest BCUT2D eigenvalue weighted by Gasteiger charge is 2.46. The molecule has 2 aliphatic heterocycles. The Morgan fingerprint density at radius 1 is 1.50 bits per heavy atom. The standard InChI is InChI=1S/C15H22N4O3/c1-9(2)18-15(20)12-6-10-11(22-12)4-5-19(10)13-7-14(21-3)17-8-16-13/h7-12H,4-6H2,1-3H3,(H,18,20)/t10-,11-,12+/m0/s1. The number of anilines is 1. The van der Waals surface area contributed by atoms with E-state index in [2.05, 4.69) is 20.2 Å². The number of nitrogens with zero attached hydrogens (tertiary/aromatic N) is 3. The molecule has 7 heteroatoms. The topological polar surface area (TPSA) is 76.6 Å². The summed E-state index contributed by atoms with van der Waals surface area (Å²) in [6.07, 6.45) is 2.81. The van der Waals surface area contributed by atoms with Crippen LogP contribution in [0.5, 0.6) is 5.88 Å². The van der Waals surface area contributed by atoms with Crippen molar-refractivity contribution in [2.75, 3.05) is 18.6 Å². The van der Waals surface area contributed by atoms with Crippen molar-refractivity contribution >= 4 is 11.7 Å². The lowest BCUT2D eigenvalue weighted by Crippen LogP contribution is -2.39. The van der Waals surface area contributed by atoms with E-state index in [1.54, 1.807) is 7.11 Å². The molecule has 2 fully saturated rings. The van der Waals surface area contributed by atoms with Crippen molar-refractivity contribution in [2.24, 2.45) is 0 Å². The van der Waals surface area contributed by atoms with E-state index in [0.717, 1.165) is 18.8 Å². The van der Waals surface area contributed by atoms with Gasteiger partial charge in [0.2, 0.25) is 11.8 Å². The molecule has 0 bridgehead atoms. The first-order valence-corrected chi connectivity index (χ1v) is 7.67. The lowest BCUT2D eigenvalue weighted by Gasteiger charge is -2.24. The number of methoxy groups -OCH3 is 1. The number of ether oxygens (including phenoxy) is 2. The summed E-state index contributed by atoms with van der Waals surface area (Å²) in [5.74, 6) is 1.35. The molecular formula is C15H22N4O3. The van der Waals surface area contributed by atoms with Gasteiger partial charge in [-0.25, -0.2) is 9.97 Å². The summed E-state index contributed by atoms with van der Waals surface area (Å²) < 4.78 is 11.1. The molecule has 0 spiro atoms. The Morgan fingerprint density at radius 3 is 3.05 bits per heavy atom. The fourth-order valence-corrected chi connectivity index (χ4v) is 3.18. The van der Waals surface area contributed by atoms with Crippen LogP contribution in [-0.2, 0) is 9.53 Å². The Balaban J connectivity index is 1.71. The number of hydrogen-bond donors (Lipinski definition) is 1. The maximum Gasteiger partial charge on any atom is 0.249 e. The van der Waals surface area contributed by atoms with Crippen LogP contribution in [0.1, 0.15) is 26.7 Å². The van der Waals surface area contributed by atoms with Gasteiger partial charge in [-0.3, -0.25) is 4.79 Å². The molecule has 7 nitrogen and oxygen atoms in total. The van der Waals surface area contributed by atoms with E-state index in [9.17, 15) is 4.79 Å². The van der Waals surface area contributed by atoms with Gasteiger partial charge in [0.25, 0.3) is 0 Å². The molecule has 1 aromatic rings. The van der Waals surface area contributed by atoms with Gasteiger partial charge in [0.1, 0.15) is 18.2 Å². The van der Waals surface area contributed by atoms with Gasteiger partial charge in [-0.05, 0) is 20.3 Å². The van der Waals surface area contributed by atoms with E-state index in [1.807, 2.05) is 19.9 Å². The molecule has 0 unspecified atom stereocenters. The highest BCUT2D eigenvalue weighted by molar-refractivity contribution is 5.81. The number of nitrogens with one attached hydrogen (secondary N) is 1. The van der Waals surface area contributed by atoms with Gasteiger partial charge in [-0.15, -0.1) is 0 Å². The number of rotatable bonds is 4. The third kappa shape index (κ3) is 2.85. The van der Waals surface area contributed by atoms with Gasteiger partial charge >= 0.3 is 0 Å². The SMILES string of the molecule is COc1cc(N2CC[C@@H]3O[C@@H](C(=O)NC(C)C)C[C@@H]32)ncn1. The number of carbonyl (C=O) groups is 1. The zero-order valence-electron chi connectivity index (χ0n) is 13.2. The van der Waals surface area contributed by atoms with Crippen LogP contribution in [0, 0.1) is 0 Å². The molecule has 1 N–H and O–H groups in total. The number of carbonyl (C=O) groups excluding carboxylic acids is 1. The molecule has 0 radical (unpaired) electrons. The molecule has 1 aromatic heterocycles. The van der Waals surface area contributed by atoms with Crippen molar-refractivity contribution in [1.82, 2.24) is 15.3 Å². The van der Waals surface area contributed by atoms with Crippen LogP contribution in [0.15, 0.2) is 12.4 Å². The summed E-state index contributed by atoms with van der Waals surface area (Å²) in [5, 5.41) is 2.92. The number of fused-ring (bicyclic) bond motifs is 1. The molecule has 0 aliphatic carbocycles. The highest BCUT2D eigenvalue weighted by Crippen LogP contribution is 2.35. The van der Waals surface area contributed by atoms with Crippen LogP contribution in [0.3, 0.4) is 0 Å². The Hall–Kier alpha value is -1.89. The Bertz CT molecular complexity index is 551. The molecule has 3 rings (SSSR count). The van der Waals surface area contributed by atoms with Crippen LogP contribution < -0.4 is 15.0 Å². The first-order valence-electron chi connectivity index (χ1n) is 7.67. The van der Waals surface area contributed by atoms with Crippen molar-refractivity contribution in [3.63, 3.8) is 0 Å². The van der Waals surface area contributed by atoms with Crippen LogP contribution in [0.25, 0.3) is 0 Å². The van der Waals surface area contributed by atoms with Gasteiger partial charge in [0.15, 0.2) is 0 Å². The second kappa shape index (κ2) is 6.08. The molecule has 2 aliphatic rings. The lowest BCUT2D eigenvalue weighted by molar-refractivity contribution is -0.132. The number of hydrogen-bond acceptors (Lipinski definition) is 6. The van der Waals surface area contributed by atoms with E-state index < -0.39 is 0 Å². The quantitative estimate of drug-likeness (QED) is 0.884. The number of amides is 1. The van der Waals surface area contributed by atoms with Gasteiger partial charge in [0.05, 0.1) is 19.3 Å². The Morgan fingerprint density at radius 2 is 2.32 bits per heavy atom. The average molecular weight is 306 g/mol. The van der Waals surface area contributed by atoms with Crippen LogP contribution in [0.2, 0.25) is 0 Å². The third-order valence-corrected chi connectivity index (χ3v) is 4.13. The minimum absolute atomic E-state index is 0.0235. The monoisotopic (exact) mass is 306 g/mol. The third-order valence-electron chi connectivity index (χ3n) is 4.13. The zero-order chi connectivity index (χ0) is 15.7. The highest BCUT2D eigenvalue weighted by atomic mass is 16.5. The van der Waals surface area contributed by atoms with Crippen molar-refractivity contribution < 1.29 is 14.3 Å². The zero-order valence-corrected chi connectivity index (χ0v) is 13.2. The van der Waals surface area contributed by atoms with Crippen molar-refractivity contribution in [1.29, 1.82) is 0 Å². The normalized spacial score (nSPS) is 27.1. The number of aromatic nitrogens is 2. The molecule has 1 amide bonds. The Labute approximate surface area is 130 Å². The molecule has 120 valence electrons. The summed E-state index contributed by atoms with van der Waals surface area (Å²) >= 11 is 0. The maximum absolute atomic E-state index is 12.1. The fourth-order valence-electron chi connectivity index (χ4n) is 3.18. The van der Waals surface area contributed by atoms with Crippen molar-refractivity contribution in [2.45, 2.75) is 51.0 Å². The summed E-state index contributed by atoms with van der Waals surface area (Å²) in [6, 6.07) is 2.13. The van der Waals surface area contributed by atoms with E-state index >= 15 is 0 Å². The van der Waals surface area contributed by atoms with Gasteiger partial charge in [-0.2, -0.15) is 0 Å². The summed E-state index contributed by atoms with van der Waals surface area (Å²) in [6.45, 7) is 4.77. The molecule has 3 heterocycles. The van der Waals surface area contributed by atoms with Crippen molar-refractivity contribution in [3.05, 3.63) is 12.4 Å². The summed E-state index contributed by atoms with van der Waals surface area (Å²) in [5.41, 5.74) is 0. The lowest BCUT2D eigenvalue weighted by atomic mass is 10.1. The van der Waals surface area contributed by atoms with Crippen LogP contribution in [0.4, 0.5) is 5.82 Å². The molecule has 0 aromatic carbocycles. The predicted octanol–water partition coefficient (Wildman–Crippen LogP) is 0.746. The Kier molecular flexibility index (Phi) is 4.15. The average Bonchev–Trinajstić information content (AvgIpc) is 3.06.